The number of nitrogen functional groups attached to an aromatic ring is 1. The molecule has 0 saturated carbocycles. The summed E-state index contributed by atoms with van der Waals surface area (Å²) in [5.41, 5.74) is 6.09. The van der Waals surface area contributed by atoms with Crippen LogP contribution in [0.4, 0.5) is 10.5 Å². The van der Waals surface area contributed by atoms with Gasteiger partial charge in [-0.15, -0.1) is 12.3 Å². The van der Waals surface area contributed by atoms with Crippen LogP contribution < -0.4 is 15.8 Å². The van der Waals surface area contributed by atoms with E-state index in [9.17, 15) is 9.59 Å². The lowest BCUT2D eigenvalue weighted by molar-refractivity contribution is 0.0177. The Labute approximate surface area is 179 Å². The Morgan fingerprint density at radius 2 is 1.97 bits per heavy atom. The van der Waals surface area contributed by atoms with Crippen molar-refractivity contribution in [3.8, 4) is 18.1 Å². The highest BCUT2D eigenvalue weighted by atomic mass is 16.6. The molecule has 30 heavy (non-hydrogen) atoms. The molecule has 166 valence electrons. The van der Waals surface area contributed by atoms with Crippen LogP contribution in [0.15, 0.2) is 18.2 Å². The molecule has 8 nitrogen and oxygen atoms in total. The van der Waals surface area contributed by atoms with E-state index in [4.69, 9.17) is 26.4 Å². The van der Waals surface area contributed by atoms with Gasteiger partial charge >= 0.3 is 6.09 Å². The number of benzene rings is 1. The largest absolute Gasteiger partial charge is 0.495 e. The first-order chi connectivity index (χ1) is 14.2. The van der Waals surface area contributed by atoms with E-state index in [2.05, 4.69) is 11.2 Å². The van der Waals surface area contributed by atoms with E-state index in [0.29, 0.717) is 62.7 Å². The Balaban J connectivity index is 2.53. The van der Waals surface area contributed by atoms with Crippen LogP contribution in [-0.4, -0.2) is 62.5 Å². The lowest BCUT2D eigenvalue weighted by Crippen LogP contribution is -2.40. The molecule has 1 aromatic rings. The predicted molar refractivity (Wildman–Crippen MR) is 116 cm³/mol. The van der Waals surface area contributed by atoms with E-state index in [1.807, 2.05) is 20.8 Å². The molecule has 0 aliphatic heterocycles. The zero-order valence-corrected chi connectivity index (χ0v) is 18.3. The fourth-order valence-electron chi connectivity index (χ4n) is 2.46. The van der Waals surface area contributed by atoms with E-state index >= 15 is 0 Å². The average molecular weight is 420 g/mol. The number of hydrogen-bond donors (Lipinski definition) is 2. The van der Waals surface area contributed by atoms with Crippen LogP contribution >= 0.6 is 0 Å². The van der Waals surface area contributed by atoms with Crippen LogP contribution in [0.25, 0.3) is 0 Å². The third kappa shape index (κ3) is 9.52. The third-order valence-electron chi connectivity index (χ3n) is 3.93. The maximum Gasteiger partial charge on any atom is 0.410 e. The first-order valence-electron chi connectivity index (χ1n) is 9.88. The van der Waals surface area contributed by atoms with E-state index < -0.39 is 11.7 Å². The van der Waals surface area contributed by atoms with Gasteiger partial charge in [-0.05, 0) is 45.4 Å². The summed E-state index contributed by atoms with van der Waals surface area (Å²) in [5, 5.41) is 2.83. The number of nitrogens with one attached hydrogen (secondary N) is 1. The van der Waals surface area contributed by atoms with Gasteiger partial charge in [-0.3, -0.25) is 4.79 Å². The lowest BCUT2D eigenvalue weighted by Gasteiger charge is -2.27. The van der Waals surface area contributed by atoms with Gasteiger partial charge in [0.15, 0.2) is 0 Å². The molecule has 0 aromatic heterocycles. The maximum atomic E-state index is 12.4. The van der Waals surface area contributed by atoms with E-state index in [1.165, 1.54) is 7.11 Å². The van der Waals surface area contributed by atoms with Gasteiger partial charge in [0, 0.05) is 31.6 Å². The van der Waals surface area contributed by atoms with Gasteiger partial charge in [-0.2, -0.15) is 0 Å². The van der Waals surface area contributed by atoms with Crippen molar-refractivity contribution in [3.63, 3.8) is 0 Å². The van der Waals surface area contributed by atoms with Gasteiger partial charge in [-0.25, -0.2) is 4.79 Å². The van der Waals surface area contributed by atoms with Crippen LogP contribution in [0.1, 0.15) is 44.0 Å². The molecule has 3 N–H and O–H groups in total. The Morgan fingerprint density at radius 1 is 1.23 bits per heavy atom. The summed E-state index contributed by atoms with van der Waals surface area (Å²) in [6.45, 7) is 7.43. The summed E-state index contributed by atoms with van der Waals surface area (Å²) in [6, 6.07) is 4.84. The standard InChI is InChI=1S/C22H33N3O5/c1-6-7-14-29-15-13-25(21(27)30-22(2,3)4)12-8-11-24-20(26)17-9-10-18(23)19(16-17)28-5/h1,9-10,16H,7-8,11-15,23H2,2-5H3,(H,24,26). The fourth-order valence-corrected chi connectivity index (χ4v) is 2.46. The smallest absolute Gasteiger partial charge is 0.410 e. The topological polar surface area (TPSA) is 103 Å². The normalized spacial score (nSPS) is 10.8. The molecule has 0 atom stereocenters. The number of rotatable bonds is 11. The second kappa shape index (κ2) is 12.6. The predicted octanol–water partition coefficient (Wildman–Crippen LogP) is 2.67. The quantitative estimate of drug-likeness (QED) is 0.325. The molecule has 1 rings (SSSR count). The first-order valence-corrected chi connectivity index (χ1v) is 9.88. The molecule has 0 unspecified atom stereocenters. The summed E-state index contributed by atoms with van der Waals surface area (Å²) in [6.07, 6.45) is 5.86. The number of amides is 2. The molecule has 2 amide bonds. The Morgan fingerprint density at radius 3 is 2.60 bits per heavy atom. The van der Waals surface area contributed by atoms with Crippen molar-refractivity contribution in [1.82, 2.24) is 10.2 Å². The van der Waals surface area contributed by atoms with E-state index in [1.54, 1.807) is 23.1 Å². The summed E-state index contributed by atoms with van der Waals surface area (Å²) in [4.78, 5) is 26.3. The number of hydrogen-bond acceptors (Lipinski definition) is 6. The highest BCUT2D eigenvalue weighted by molar-refractivity contribution is 5.95. The molecule has 8 heteroatoms. The molecule has 0 heterocycles. The molecule has 1 aromatic carbocycles. The molecule has 0 aliphatic carbocycles. The number of carbonyl (C=O) groups is 2. The van der Waals surface area contributed by atoms with Gasteiger partial charge in [0.05, 0.1) is 26.0 Å². The van der Waals surface area contributed by atoms with Crippen LogP contribution in [0.5, 0.6) is 5.75 Å². The monoisotopic (exact) mass is 419 g/mol. The van der Waals surface area contributed by atoms with Crippen molar-refractivity contribution < 1.29 is 23.8 Å². The van der Waals surface area contributed by atoms with Crippen molar-refractivity contribution in [3.05, 3.63) is 23.8 Å². The van der Waals surface area contributed by atoms with Crippen LogP contribution in [0, 0.1) is 12.3 Å². The number of terminal acetylenes is 1. The van der Waals surface area contributed by atoms with Crippen LogP contribution in [0.3, 0.4) is 0 Å². The minimum atomic E-state index is -0.595. The van der Waals surface area contributed by atoms with Crippen LogP contribution in [-0.2, 0) is 9.47 Å². The van der Waals surface area contributed by atoms with Crippen molar-refractivity contribution in [2.75, 3.05) is 45.7 Å². The van der Waals surface area contributed by atoms with Crippen molar-refractivity contribution in [2.45, 2.75) is 39.2 Å². The Bertz CT molecular complexity index is 737. The zero-order chi connectivity index (χ0) is 22.6. The molecule has 0 spiro atoms. The number of nitrogens with zero attached hydrogens (tertiary/aromatic N) is 1. The Kier molecular flexibility index (Phi) is 10.6. The van der Waals surface area contributed by atoms with Gasteiger partial charge in [0.1, 0.15) is 11.4 Å². The second-order valence-corrected chi connectivity index (χ2v) is 7.60. The van der Waals surface area contributed by atoms with Crippen molar-refractivity contribution in [2.24, 2.45) is 0 Å². The molecule has 0 saturated heterocycles. The van der Waals surface area contributed by atoms with Crippen molar-refractivity contribution in [1.29, 1.82) is 0 Å². The summed E-state index contributed by atoms with van der Waals surface area (Å²) < 4.78 is 16.0. The molecule has 0 radical (unpaired) electrons. The lowest BCUT2D eigenvalue weighted by atomic mass is 10.1. The Hall–Kier alpha value is -2.92. The fraction of sp³-hybridized carbons (Fsp3) is 0.545. The minimum Gasteiger partial charge on any atom is -0.495 e. The third-order valence-corrected chi connectivity index (χ3v) is 3.93. The number of nitrogens with two attached hydrogens (primary N) is 1. The van der Waals surface area contributed by atoms with Gasteiger partial charge in [-0.1, -0.05) is 0 Å². The van der Waals surface area contributed by atoms with E-state index in [0.717, 1.165) is 0 Å². The van der Waals surface area contributed by atoms with Gasteiger partial charge < -0.3 is 30.2 Å². The number of methoxy groups -OCH3 is 1. The van der Waals surface area contributed by atoms with Crippen molar-refractivity contribution >= 4 is 17.7 Å². The zero-order valence-electron chi connectivity index (χ0n) is 18.3. The minimum absolute atomic E-state index is 0.241. The van der Waals surface area contributed by atoms with E-state index in [-0.39, 0.29) is 5.91 Å². The summed E-state index contributed by atoms with van der Waals surface area (Å²) in [5.74, 6) is 2.71. The highest BCUT2D eigenvalue weighted by Gasteiger charge is 2.21. The number of carbonyl (C=O) groups excluding carboxylic acids is 2. The molecular weight excluding hydrogens is 386 g/mol. The molecule has 0 bridgehead atoms. The summed E-state index contributed by atoms with van der Waals surface area (Å²) in [7, 11) is 1.49. The molecular formula is C22H33N3O5. The number of ether oxygens (including phenoxy) is 3. The summed E-state index contributed by atoms with van der Waals surface area (Å²) >= 11 is 0. The average Bonchev–Trinajstić information content (AvgIpc) is 2.68. The molecule has 0 aliphatic rings. The van der Waals surface area contributed by atoms with Crippen LogP contribution in [0.2, 0.25) is 0 Å². The first kappa shape index (κ1) is 25.1. The van der Waals surface area contributed by atoms with Gasteiger partial charge in [0.2, 0.25) is 0 Å². The van der Waals surface area contributed by atoms with Gasteiger partial charge in [0.25, 0.3) is 5.91 Å². The SMILES string of the molecule is C#CCCOCCN(CCCNC(=O)c1ccc(N)c(OC)c1)C(=O)OC(C)(C)C. The highest BCUT2D eigenvalue weighted by Crippen LogP contribution is 2.22. The molecule has 0 fully saturated rings. The maximum absolute atomic E-state index is 12.4. The second-order valence-electron chi connectivity index (χ2n) is 7.60. The number of anilines is 1.